The van der Waals surface area contributed by atoms with Crippen molar-refractivity contribution in [1.29, 1.82) is 0 Å². The van der Waals surface area contributed by atoms with Crippen LogP contribution in [0.5, 0.6) is 0 Å². The zero-order chi connectivity index (χ0) is 9.26. The number of carbonyl (C=O) groups is 1. The van der Waals surface area contributed by atoms with Gasteiger partial charge in [0.25, 0.3) is 0 Å². The molecule has 0 bridgehead atoms. The number of urea groups is 1. The van der Waals surface area contributed by atoms with Gasteiger partial charge in [0.15, 0.2) is 0 Å². The molecule has 1 aromatic rings. The Morgan fingerprint density at radius 3 is 3.31 bits per heavy atom. The van der Waals surface area contributed by atoms with Gasteiger partial charge in [-0.2, -0.15) is 0 Å². The molecule has 0 aromatic heterocycles. The van der Waals surface area contributed by atoms with Crippen molar-refractivity contribution in [3.8, 4) is 0 Å². The summed E-state index contributed by atoms with van der Waals surface area (Å²) in [5, 5.41) is 0. The molecule has 2 amide bonds. The van der Waals surface area contributed by atoms with Crippen LogP contribution >= 0.6 is 0 Å². The lowest BCUT2D eigenvalue weighted by Crippen LogP contribution is -2.36. The predicted molar refractivity (Wildman–Crippen MR) is 49.5 cm³/mol. The second-order valence-electron chi connectivity index (χ2n) is 2.72. The minimum absolute atomic E-state index is 0.518. The molecular formula is C9H8N3O. The molecule has 0 fully saturated rings. The number of hydrogen-bond acceptors (Lipinski definition) is 2. The van der Waals surface area contributed by atoms with Crippen LogP contribution < -0.4 is 10.6 Å². The van der Waals surface area contributed by atoms with Gasteiger partial charge in [-0.15, -0.1) is 0 Å². The number of nitrogens with zero attached hydrogens (tertiary/aromatic N) is 2. The monoisotopic (exact) mass is 174 g/mol. The van der Waals surface area contributed by atoms with Gasteiger partial charge in [-0.25, -0.2) is 4.79 Å². The molecule has 0 saturated carbocycles. The van der Waals surface area contributed by atoms with E-state index in [0.717, 1.165) is 11.3 Å². The number of fused-ring (bicyclic) bond motifs is 1. The van der Waals surface area contributed by atoms with Crippen molar-refractivity contribution >= 4 is 18.1 Å². The van der Waals surface area contributed by atoms with E-state index in [1.165, 1.54) is 11.2 Å². The van der Waals surface area contributed by atoms with E-state index in [2.05, 4.69) is 11.1 Å². The Hall–Kier alpha value is -1.84. The molecule has 2 N–H and O–H groups in total. The van der Waals surface area contributed by atoms with Gasteiger partial charge in [0.05, 0.1) is 18.6 Å². The first-order valence-corrected chi connectivity index (χ1v) is 3.86. The predicted octanol–water partition coefficient (Wildman–Crippen LogP) is 0.914. The summed E-state index contributed by atoms with van der Waals surface area (Å²) < 4.78 is 0. The van der Waals surface area contributed by atoms with E-state index in [4.69, 9.17) is 5.73 Å². The molecular weight excluding hydrogens is 166 g/mol. The fourth-order valence-electron chi connectivity index (χ4n) is 1.28. The minimum Gasteiger partial charge on any atom is -0.351 e. The molecule has 0 aliphatic carbocycles. The number of amides is 2. The zero-order valence-electron chi connectivity index (χ0n) is 6.90. The lowest BCUT2D eigenvalue weighted by Gasteiger charge is -2.21. The summed E-state index contributed by atoms with van der Waals surface area (Å²) in [6.45, 7) is 0.580. The highest BCUT2D eigenvalue weighted by Crippen LogP contribution is 2.22. The lowest BCUT2D eigenvalue weighted by atomic mass is 10.1. The summed E-state index contributed by atoms with van der Waals surface area (Å²) in [5.41, 5.74) is 6.92. The van der Waals surface area contributed by atoms with E-state index >= 15 is 0 Å². The number of nitrogens with two attached hydrogens (primary N) is 1. The Labute approximate surface area is 75.7 Å². The van der Waals surface area contributed by atoms with Crippen LogP contribution in [0.4, 0.5) is 10.5 Å². The molecule has 4 heteroatoms. The van der Waals surface area contributed by atoms with E-state index in [0.29, 0.717) is 6.54 Å². The number of rotatable bonds is 0. The second-order valence-corrected chi connectivity index (χ2v) is 2.72. The number of aliphatic imine (C=N–C) groups is 1. The molecule has 65 valence electrons. The van der Waals surface area contributed by atoms with Crippen molar-refractivity contribution in [3.63, 3.8) is 0 Å². The summed E-state index contributed by atoms with van der Waals surface area (Å²) in [6, 6.07) is 7.76. The minimum atomic E-state index is -0.518. The zero-order valence-corrected chi connectivity index (χ0v) is 6.90. The Morgan fingerprint density at radius 1 is 1.69 bits per heavy atom. The molecule has 0 atom stereocenters. The summed E-state index contributed by atoms with van der Waals surface area (Å²) in [5.74, 6) is 0. The van der Waals surface area contributed by atoms with E-state index in [1.54, 1.807) is 12.1 Å². The average molecular weight is 174 g/mol. The first-order chi connectivity index (χ1) is 6.29. The van der Waals surface area contributed by atoms with Gasteiger partial charge in [0, 0.05) is 0 Å². The number of hydrogen-bond donors (Lipinski definition) is 1. The van der Waals surface area contributed by atoms with Crippen LogP contribution in [0.15, 0.2) is 23.2 Å². The Kier molecular flexibility index (Phi) is 1.73. The summed E-state index contributed by atoms with van der Waals surface area (Å²) in [6.07, 6.45) is 1.45. The third kappa shape index (κ3) is 1.26. The molecule has 0 spiro atoms. The largest absolute Gasteiger partial charge is 0.351 e. The van der Waals surface area contributed by atoms with E-state index in [1.807, 2.05) is 6.07 Å². The van der Waals surface area contributed by atoms with Crippen LogP contribution in [0.25, 0.3) is 0 Å². The molecule has 0 unspecified atom stereocenters. The summed E-state index contributed by atoms with van der Waals surface area (Å²) in [4.78, 5) is 16.3. The number of benzene rings is 1. The van der Waals surface area contributed by atoms with Crippen molar-refractivity contribution < 1.29 is 4.79 Å². The number of primary amides is 1. The molecule has 0 saturated heterocycles. The van der Waals surface area contributed by atoms with E-state index < -0.39 is 6.03 Å². The Bertz CT molecular complexity index is 373. The molecule has 13 heavy (non-hydrogen) atoms. The SMILES string of the molecule is NC(=O)N1C=NCc2c[c]ccc21. The van der Waals surface area contributed by atoms with E-state index in [9.17, 15) is 4.79 Å². The van der Waals surface area contributed by atoms with Gasteiger partial charge in [-0.05, 0) is 23.8 Å². The highest BCUT2D eigenvalue weighted by Gasteiger charge is 2.16. The first-order valence-electron chi connectivity index (χ1n) is 3.86. The van der Waals surface area contributed by atoms with Crippen LogP contribution in [0.2, 0.25) is 0 Å². The maximum Gasteiger partial charge on any atom is 0.324 e. The number of anilines is 1. The molecule has 2 rings (SSSR count). The maximum atomic E-state index is 11.0. The fourth-order valence-corrected chi connectivity index (χ4v) is 1.28. The van der Waals surface area contributed by atoms with Crippen molar-refractivity contribution in [3.05, 3.63) is 29.8 Å². The van der Waals surface area contributed by atoms with Gasteiger partial charge in [-0.3, -0.25) is 9.89 Å². The highest BCUT2D eigenvalue weighted by atomic mass is 16.2. The highest BCUT2D eigenvalue weighted by molar-refractivity contribution is 6.08. The van der Waals surface area contributed by atoms with Crippen LogP contribution in [-0.2, 0) is 6.54 Å². The van der Waals surface area contributed by atoms with Crippen molar-refractivity contribution in [2.24, 2.45) is 10.7 Å². The van der Waals surface area contributed by atoms with Gasteiger partial charge >= 0.3 is 6.03 Å². The van der Waals surface area contributed by atoms with Crippen molar-refractivity contribution in [2.75, 3.05) is 4.90 Å². The smallest absolute Gasteiger partial charge is 0.324 e. The van der Waals surface area contributed by atoms with Gasteiger partial charge < -0.3 is 5.73 Å². The van der Waals surface area contributed by atoms with Crippen LogP contribution in [-0.4, -0.2) is 12.4 Å². The first kappa shape index (κ1) is 7.79. The van der Waals surface area contributed by atoms with E-state index in [-0.39, 0.29) is 0 Å². The molecule has 1 radical (unpaired) electrons. The molecule has 1 aliphatic heterocycles. The fraction of sp³-hybridized carbons (Fsp3) is 0.111. The van der Waals surface area contributed by atoms with Gasteiger partial charge in [-0.1, -0.05) is 6.07 Å². The van der Waals surface area contributed by atoms with Crippen LogP contribution in [0, 0.1) is 6.07 Å². The maximum absolute atomic E-state index is 11.0. The lowest BCUT2D eigenvalue weighted by molar-refractivity contribution is 0.256. The molecule has 1 aliphatic rings. The topological polar surface area (TPSA) is 58.7 Å². The summed E-state index contributed by atoms with van der Waals surface area (Å²) in [7, 11) is 0. The van der Waals surface area contributed by atoms with Crippen molar-refractivity contribution in [2.45, 2.75) is 6.54 Å². The van der Waals surface area contributed by atoms with Crippen LogP contribution in [0.3, 0.4) is 0 Å². The molecule has 4 nitrogen and oxygen atoms in total. The number of carbonyl (C=O) groups excluding carboxylic acids is 1. The normalized spacial score (nSPS) is 14.0. The third-order valence-electron chi connectivity index (χ3n) is 1.88. The van der Waals surface area contributed by atoms with Crippen LogP contribution in [0.1, 0.15) is 5.56 Å². The second kappa shape index (κ2) is 2.90. The summed E-state index contributed by atoms with van der Waals surface area (Å²) >= 11 is 0. The van der Waals surface area contributed by atoms with Gasteiger partial charge in [0.2, 0.25) is 0 Å². The van der Waals surface area contributed by atoms with Crippen molar-refractivity contribution in [1.82, 2.24) is 0 Å². The Balaban J connectivity index is 2.48. The third-order valence-corrected chi connectivity index (χ3v) is 1.88. The van der Waals surface area contributed by atoms with Gasteiger partial charge in [0.1, 0.15) is 0 Å². The quantitative estimate of drug-likeness (QED) is 0.624. The average Bonchev–Trinajstić information content (AvgIpc) is 2.17. The Morgan fingerprint density at radius 2 is 2.54 bits per heavy atom. The molecule has 1 heterocycles. The molecule has 1 aromatic carbocycles. The standard InChI is InChI=1S/C9H8N3O/c10-9(13)12-6-11-5-7-3-1-2-4-8(7)12/h2-4,6H,5H2,(H2,10,13).